The average Bonchev–Trinajstić information content (AvgIpc) is 4.18. The summed E-state index contributed by atoms with van der Waals surface area (Å²) < 4.78 is 110. The highest BCUT2D eigenvalue weighted by molar-refractivity contribution is 5.79. The van der Waals surface area contributed by atoms with Crippen molar-refractivity contribution >= 4 is 17.9 Å². The van der Waals surface area contributed by atoms with E-state index < -0.39 is 35.5 Å². The van der Waals surface area contributed by atoms with Crippen LogP contribution >= 0.6 is 0 Å². The van der Waals surface area contributed by atoms with Gasteiger partial charge in [0.25, 0.3) is 0 Å². The van der Waals surface area contributed by atoms with Crippen molar-refractivity contribution in [1.82, 2.24) is 0 Å². The van der Waals surface area contributed by atoms with Crippen LogP contribution in [0.15, 0.2) is 158 Å². The summed E-state index contributed by atoms with van der Waals surface area (Å²) >= 11 is 0. The zero-order valence-electron chi connectivity index (χ0n) is 40.2. The van der Waals surface area contributed by atoms with Crippen LogP contribution in [-0.4, -0.2) is 30.4 Å². The van der Waals surface area contributed by atoms with E-state index in [4.69, 9.17) is 23.7 Å². The molecule has 0 atom stereocenters. The van der Waals surface area contributed by atoms with E-state index in [0.29, 0.717) is 17.7 Å². The van der Waals surface area contributed by atoms with E-state index in [9.17, 15) is 40.7 Å². The van der Waals surface area contributed by atoms with Crippen molar-refractivity contribution in [3.8, 4) is 67.9 Å². The van der Waals surface area contributed by atoms with Crippen LogP contribution in [0.25, 0.3) is 33.4 Å². The number of carbonyl (C=O) groups excluding carboxylic acids is 3. The van der Waals surface area contributed by atoms with Crippen LogP contribution < -0.4 is 28.4 Å². The standard InChI is InChI=1S/C23H19FO3.C19H19FO3.C17H12F4O3/c24-22-14-20(27-23(25)18-6-7-18)12-13-21(22)17-8-10-19(11-9-17)26-15-16-4-2-1-3-5-16;1-12(2)22-15-7-5-13(6-8-15)17-10-9-16(11-18(17)20)23-19(21)14-3-4-14;18-15-9-12(23-16(22)10-4-5-10)6-7-14(15)11-2-1-3-13(8-11)24-17(19,20)21/h1-5,8-14,18H,6-7,15H2;5-12,14H,3-4H2,1-2H3;1-3,6-10H,4-5H2. The Morgan fingerprint density at radius 1 is 0.459 bits per heavy atom. The largest absolute Gasteiger partial charge is 0.573 e. The predicted octanol–water partition coefficient (Wildman–Crippen LogP) is 14.7. The fraction of sp³-hybridized carbons (Fsp3) is 0.237. The molecule has 0 heterocycles. The van der Waals surface area contributed by atoms with Crippen molar-refractivity contribution in [3.63, 3.8) is 0 Å². The molecular formula is C59H50F6O9. The van der Waals surface area contributed by atoms with E-state index in [1.54, 1.807) is 24.3 Å². The molecule has 0 N–H and O–H groups in total. The molecule has 0 aliphatic heterocycles. The maximum absolute atomic E-state index is 14.5. The fourth-order valence-electron chi connectivity index (χ4n) is 7.25. The lowest BCUT2D eigenvalue weighted by atomic mass is 10.0. The minimum absolute atomic E-state index is 0.00811. The average molecular weight is 1020 g/mol. The Kier molecular flexibility index (Phi) is 16.7. The summed E-state index contributed by atoms with van der Waals surface area (Å²) in [5, 5.41) is 0. The van der Waals surface area contributed by atoms with E-state index >= 15 is 0 Å². The third kappa shape index (κ3) is 15.5. The smallest absolute Gasteiger partial charge is 0.491 e. The highest BCUT2D eigenvalue weighted by atomic mass is 19.4. The van der Waals surface area contributed by atoms with Gasteiger partial charge in [-0.1, -0.05) is 66.7 Å². The lowest BCUT2D eigenvalue weighted by Gasteiger charge is -2.11. The van der Waals surface area contributed by atoms with Crippen LogP contribution in [0.4, 0.5) is 26.3 Å². The van der Waals surface area contributed by atoms with Crippen LogP contribution in [0, 0.1) is 35.2 Å². The molecule has 3 aliphatic carbocycles. The summed E-state index contributed by atoms with van der Waals surface area (Å²) in [5.41, 5.74) is 3.79. The van der Waals surface area contributed by atoms with Gasteiger partial charge in [0, 0.05) is 34.9 Å². The Hall–Kier alpha value is -8.07. The van der Waals surface area contributed by atoms with Crippen molar-refractivity contribution < 1.29 is 69.1 Å². The Morgan fingerprint density at radius 2 is 0.865 bits per heavy atom. The fourth-order valence-corrected chi connectivity index (χ4v) is 7.25. The molecule has 0 amide bonds. The van der Waals surface area contributed by atoms with Crippen molar-refractivity contribution in [1.29, 1.82) is 0 Å². The first kappa shape index (κ1) is 52.3. The number of ether oxygens (including phenoxy) is 6. The molecule has 0 saturated heterocycles. The van der Waals surface area contributed by atoms with Crippen LogP contribution in [0.2, 0.25) is 0 Å². The Balaban J connectivity index is 0.000000148. The van der Waals surface area contributed by atoms with E-state index in [2.05, 4.69) is 4.74 Å². The van der Waals surface area contributed by atoms with Crippen molar-refractivity contribution in [2.75, 3.05) is 0 Å². The molecule has 10 rings (SSSR count). The zero-order chi connectivity index (χ0) is 52.4. The molecule has 9 nitrogen and oxygen atoms in total. The van der Waals surface area contributed by atoms with Crippen LogP contribution in [0.1, 0.15) is 57.9 Å². The zero-order valence-corrected chi connectivity index (χ0v) is 40.2. The second kappa shape index (κ2) is 23.6. The second-order valence-corrected chi connectivity index (χ2v) is 18.1. The van der Waals surface area contributed by atoms with Gasteiger partial charge in [-0.2, -0.15) is 0 Å². The highest BCUT2D eigenvalue weighted by Crippen LogP contribution is 2.36. The molecule has 0 radical (unpaired) electrons. The molecule has 3 fully saturated rings. The lowest BCUT2D eigenvalue weighted by Crippen LogP contribution is -2.17. The van der Waals surface area contributed by atoms with E-state index in [0.717, 1.165) is 84.9 Å². The normalized spacial score (nSPS) is 13.8. The number of rotatable bonds is 15. The van der Waals surface area contributed by atoms with Crippen molar-refractivity contribution in [2.45, 2.75) is 71.4 Å². The summed E-state index contributed by atoms with van der Waals surface area (Å²) in [6, 6.07) is 42.2. The van der Waals surface area contributed by atoms with Crippen LogP contribution in [0.5, 0.6) is 34.5 Å². The maximum Gasteiger partial charge on any atom is 0.573 e. The van der Waals surface area contributed by atoms with Gasteiger partial charge in [0.05, 0.1) is 23.9 Å². The number of hydrogen-bond donors (Lipinski definition) is 0. The van der Waals surface area contributed by atoms with E-state index in [1.165, 1.54) is 36.4 Å². The van der Waals surface area contributed by atoms with E-state index in [-0.39, 0.29) is 64.2 Å². The summed E-state index contributed by atoms with van der Waals surface area (Å²) in [6.07, 6.45) is 0.261. The molecule has 0 spiro atoms. The third-order valence-corrected chi connectivity index (χ3v) is 11.5. The quantitative estimate of drug-likeness (QED) is 0.0564. The van der Waals surface area contributed by atoms with Gasteiger partial charge in [0.15, 0.2) is 0 Å². The van der Waals surface area contributed by atoms with Gasteiger partial charge in [-0.25, -0.2) is 13.2 Å². The predicted molar refractivity (Wildman–Crippen MR) is 264 cm³/mol. The summed E-state index contributed by atoms with van der Waals surface area (Å²) in [6.45, 7) is 4.39. The number of esters is 3. The lowest BCUT2D eigenvalue weighted by molar-refractivity contribution is -0.274. The first-order valence-electron chi connectivity index (χ1n) is 24.0. The van der Waals surface area contributed by atoms with Crippen molar-refractivity contribution in [2.24, 2.45) is 17.8 Å². The summed E-state index contributed by atoms with van der Waals surface area (Å²) in [7, 11) is 0. The molecule has 0 unspecified atom stereocenters. The minimum atomic E-state index is -4.82. The Labute approximate surface area is 423 Å². The maximum atomic E-state index is 14.5. The number of halogens is 6. The second-order valence-electron chi connectivity index (χ2n) is 18.1. The van der Waals surface area contributed by atoms with Gasteiger partial charge in [-0.15, -0.1) is 13.2 Å². The monoisotopic (exact) mass is 1020 g/mol. The van der Waals surface area contributed by atoms with Crippen LogP contribution in [0.3, 0.4) is 0 Å². The van der Waals surface area contributed by atoms with Gasteiger partial charge in [-0.05, 0) is 147 Å². The molecule has 15 heteroatoms. The van der Waals surface area contributed by atoms with Gasteiger partial charge < -0.3 is 28.4 Å². The van der Waals surface area contributed by atoms with Gasteiger partial charge >= 0.3 is 24.3 Å². The van der Waals surface area contributed by atoms with Gasteiger partial charge in [0.1, 0.15) is 58.6 Å². The molecule has 7 aromatic carbocycles. The third-order valence-electron chi connectivity index (χ3n) is 11.5. The highest BCUT2D eigenvalue weighted by Gasteiger charge is 2.34. The molecule has 74 heavy (non-hydrogen) atoms. The molecule has 7 aromatic rings. The Bertz CT molecular complexity index is 3060. The van der Waals surface area contributed by atoms with Crippen LogP contribution in [-0.2, 0) is 21.0 Å². The summed E-state index contributed by atoms with van der Waals surface area (Å²) in [5.74, 6) is -1.04. The Morgan fingerprint density at radius 3 is 1.26 bits per heavy atom. The molecular weight excluding hydrogens is 967 g/mol. The number of hydrogen-bond acceptors (Lipinski definition) is 9. The molecule has 0 bridgehead atoms. The molecule has 3 aliphatic rings. The van der Waals surface area contributed by atoms with Crippen molar-refractivity contribution in [3.05, 3.63) is 181 Å². The summed E-state index contributed by atoms with van der Waals surface area (Å²) in [4.78, 5) is 34.8. The first-order chi connectivity index (χ1) is 35.5. The number of carbonyl (C=O) groups is 3. The SMILES string of the molecule is CC(C)Oc1ccc(-c2ccc(OC(=O)C3CC3)cc2F)cc1.O=C(Oc1ccc(-c2ccc(OCc3ccccc3)cc2)c(F)c1)C1CC1.O=C(Oc1ccc(-c2cccc(OC(F)(F)F)c2)c(F)c1)C1CC1. The molecule has 0 aromatic heterocycles. The van der Waals surface area contributed by atoms with Gasteiger partial charge in [0.2, 0.25) is 0 Å². The molecule has 382 valence electrons. The van der Waals surface area contributed by atoms with Gasteiger partial charge in [-0.3, -0.25) is 14.4 Å². The topological polar surface area (TPSA) is 107 Å². The van der Waals surface area contributed by atoms with E-state index in [1.807, 2.05) is 92.7 Å². The molecule has 3 saturated carbocycles. The minimum Gasteiger partial charge on any atom is -0.491 e. The number of benzene rings is 7. The number of alkyl halides is 3. The first-order valence-corrected chi connectivity index (χ1v) is 24.0.